The molecule has 0 aromatic rings. The first-order chi connectivity index (χ1) is 5.56. The minimum atomic E-state index is -0.983. The Morgan fingerprint density at radius 2 is 2.17 bits per heavy atom. The molecule has 0 saturated heterocycles. The molecule has 0 aromatic heterocycles. The fourth-order valence-electron chi connectivity index (χ4n) is 1.87. The van der Waals surface area contributed by atoms with Crippen LogP contribution in [-0.4, -0.2) is 22.2 Å². The van der Waals surface area contributed by atoms with E-state index < -0.39 is 17.4 Å². The van der Waals surface area contributed by atoms with Crippen LogP contribution in [0.4, 0.5) is 0 Å². The minimum absolute atomic E-state index is 0.0268. The fourth-order valence-corrected chi connectivity index (χ4v) is 1.87. The van der Waals surface area contributed by atoms with Crippen molar-refractivity contribution < 1.29 is 19.8 Å². The van der Waals surface area contributed by atoms with Crippen molar-refractivity contribution in [1.82, 2.24) is 0 Å². The summed E-state index contributed by atoms with van der Waals surface area (Å²) in [4.78, 5) is 21.2. The summed E-state index contributed by atoms with van der Waals surface area (Å²) in [5.74, 6) is -1.87. The van der Waals surface area contributed by atoms with E-state index in [1.807, 2.05) is 0 Å². The van der Waals surface area contributed by atoms with Crippen molar-refractivity contribution in [3.05, 3.63) is 11.6 Å². The Bertz CT molecular complexity index is 304. The number of hydrogen-bond acceptors (Lipinski definition) is 2. The molecule has 0 amide bonds. The SMILES string of the molecule is O=C(O)C1=CC2C[C@]2(C(=O)O)C1. The second kappa shape index (κ2) is 1.88. The van der Waals surface area contributed by atoms with Gasteiger partial charge in [-0.3, -0.25) is 4.79 Å². The van der Waals surface area contributed by atoms with E-state index >= 15 is 0 Å². The Balaban J connectivity index is 2.19. The summed E-state index contributed by atoms with van der Waals surface area (Å²) in [5, 5.41) is 17.4. The van der Waals surface area contributed by atoms with E-state index in [0.29, 0.717) is 6.42 Å². The van der Waals surface area contributed by atoms with Crippen molar-refractivity contribution >= 4 is 11.9 Å². The molecular formula is C8H8O4. The van der Waals surface area contributed by atoms with Crippen molar-refractivity contribution in [3.63, 3.8) is 0 Å². The van der Waals surface area contributed by atoms with Crippen LogP contribution in [0.1, 0.15) is 12.8 Å². The third kappa shape index (κ3) is 0.719. The molecule has 0 radical (unpaired) electrons. The maximum Gasteiger partial charge on any atom is 0.331 e. The highest BCUT2D eigenvalue weighted by atomic mass is 16.4. The number of rotatable bonds is 2. The molecule has 2 N–H and O–H groups in total. The second-order valence-corrected chi connectivity index (χ2v) is 3.45. The van der Waals surface area contributed by atoms with Gasteiger partial charge in [0.1, 0.15) is 0 Å². The standard InChI is InChI=1S/C8H8O4/c9-6(10)4-1-5-3-8(5,2-4)7(11)12/h1,5H,2-3H2,(H,9,10)(H,11,12)/t5?,8-/m1/s1. The molecule has 64 valence electrons. The van der Waals surface area contributed by atoms with Crippen molar-refractivity contribution in [2.45, 2.75) is 12.8 Å². The van der Waals surface area contributed by atoms with Crippen LogP contribution in [0.25, 0.3) is 0 Å². The Morgan fingerprint density at radius 1 is 1.50 bits per heavy atom. The van der Waals surface area contributed by atoms with Gasteiger partial charge in [-0.15, -0.1) is 0 Å². The van der Waals surface area contributed by atoms with Crippen LogP contribution in [0.2, 0.25) is 0 Å². The molecule has 2 aliphatic rings. The average molecular weight is 168 g/mol. The third-order valence-electron chi connectivity index (χ3n) is 2.74. The number of carboxylic acid groups (broad SMARTS) is 2. The number of fused-ring (bicyclic) bond motifs is 1. The molecule has 4 heteroatoms. The smallest absolute Gasteiger partial charge is 0.331 e. The Labute approximate surface area is 68.5 Å². The largest absolute Gasteiger partial charge is 0.481 e. The highest BCUT2D eigenvalue weighted by molar-refractivity contribution is 5.92. The Morgan fingerprint density at radius 3 is 2.50 bits per heavy atom. The fraction of sp³-hybridized carbons (Fsp3) is 0.500. The zero-order valence-electron chi connectivity index (χ0n) is 6.28. The zero-order chi connectivity index (χ0) is 8.93. The van der Waals surface area contributed by atoms with Gasteiger partial charge in [0, 0.05) is 5.57 Å². The van der Waals surface area contributed by atoms with Gasteiger partial charge < -0.3 is 10.2 Å². The lowest BCUT2D eigenvalue weighted by Crippen LogP contribution is -2.16. The van der Waals surface area contributed by atoms with Crippen molar-refractivity contribution in [3.8, 4) is 0 Å². The number of aliphatic carboxylic acids is 2. The lowest BCUT2D eigenvalue weighted by atomic mass is 10.0. The highest BCUT2D eigenvalue weighted by Crippen LogP contribution is 2.62. The molecule has 0 aromatic carbocycles. The second-order valence-electron chi connectivity index (χ2n) is 3.45. The average Bonchev–Trinajstić information content (AvgIpc) is 2.55. The zero-order valence-corrected chi connectivity index (χ0v) is 6.28. The van der Waals surface area contributed by atoms with Crippen LogP contribution in [0.5, 0.6) is 0 Å². The van der Waals surface area contributed by atoms with Gasteiger partial charge >= 0.3 is 11.9 Å². The first-order valence-electron chi connectivity index (χ1n) is 3.74. The molecule has 1 unspecified atom stereocenters. The van der Waals surface area contributed by atoms with Crippen LogP contribution in [-0.2, 0) is 9.59 Å². The number of allylic oxidation sites excluding steroid dienone is 1. The number of carbonyl (C=O) groups is 2. The van der Waals surface area contributed by atoms with Crippen LogP contribution >= 0.6 is 0 Å². The number of carboxylic acids is 2. The number of hydrogen-bond donors (Lipinski definition) is 2. The van der Waals surface area contributed by atoms with E-state index in [1.165, 1.54) is 0 Å². The maximum atomic E-state index is 10.7. The van der Waals surface area contributed by atoms with E-state index in [1.54, 1.807) is 6.08 Å². The summed E-state index contributed by atoms with van der Waals surface area (Å²) in [7, 11) is 0. The van der Waals surface area contributed by atoms with Crippen LogP contribution in [0.15, 0.2) is 11.6 Å². The summed E-state index contributed by atoms with van der Waals surface area (Å²) in [6, 6.07) is 0. The van der Waals surface area contributed by atoms with Crippen molar-refractivity contribution in [1.29, 1.82) is 0 Å². The molecule has 12 heavy (non-hydrogen) atoms. The van der Waals surface area contributed by atoms with Gasteiger partial charge in [0.25, 0.3) is 0 Å². The van der Waals surface area contributed by atoms with E-state index in [4.69, 9.17) is 10.2 Å². The predicted octanol–water partition coefficient (Wildman–Crippen LogP) is 0.492. The minimum Gasteiger partial charge on any atom is -0.481 e. The first-order valence-corrected chi connectivity index (χ1v) is 3.74. The molecule has 2 atom stereocenters. The Hall–Kier alpha value is -1.32. The summed E-state index contributed by atoms with van der Waals surface area (Å²) in [6.07, 6.45) is 2.39. The van der Waals surface area contributed by atoms with Crippen LogP contribution in [0, 0.1) is 11.3 Å². The third-order valence-corrected chi connectivity index (χ3v) is 2.74. The normalized spacial score (nSPS) is 37.0. The van der Waals surface area contributed by atoms with Crippen LogP contribution < -0.4 is 0 Å². The molecule has 0 bridgehead atoms. The molecule has 1 fully saturated rings. The quantitative estimate of drug-likeness (QED) is 0.629. The van der Waals surface area contributed by atoms with Gasteiger partial charge in [-0.25, -0.2) is 4.79 Å². The van der Waals surface area contributed by atoms with Gasteiger partial charge in [0.15, 0.2) is 0 Å². The van der Waals surface area contributed by atoms with E-state index in [9.17, 15) is 9.59 Å². The molecule has 2 rings (SSSR count). The topological polar surface area (TPSA) is 74.6 Å². The molecule has 0 heterocycles. The van der Waals surface area contributed by atoms with E-state index in [2.05, 4.69) is 0 Å². The first kappa shape index (κ1) is 7.34. The van der Waals surface area contributed by atoms with Gasteiger partial charge in [-0.2, -0.15) is 0 Å². The van der Waals surface area contributed by atoms with E-state index in [-0.39, 0.29) is 17.9 Å². The van der Waals surface area contributed by atoms with Crippen molar-refractivity contribution in [2.75, 3.05) is 0 Å². The van der Waals surface area contributed by atoms with Gasteiger partial charge in [0.2, 0.25) is 0 Å². The Kier molecular flexibility index (Phi) is 1.15. The summed E-state index contributed by atoms with van der Waals surface area (Å²) >= 11 is 0. The van der Waals surface area contributed by atoms with Crippen LogP contribution in [0.3, 0.4) is 0 Å². The van der Waals surface area contributed by atoms with E-state index in [0.717, 1.165) is 0 Å². The van der Waals surface area contributed by atoms with Crippen molar-refractivity contribution in [2.24, 2.45) is 11.3 Å². The highest BCUT2D eigenvalue weighted by Gasteiger charge is 2.63. The molecular weight excluding hydrogens is 160 g/mol. The lowest BCUT2D eigenvalue weighted by molar-refractivity contribution is -0.143. The molecule has 0 spiro atoms. The molecule has 4 nitrogen and oxygen atoms in total. The predicted molar refractivity (Wildman–Crippen MR) is 38.5 cm³/mol. The monoisotopic (exact) mass is 168 g/mol. The van der Waals surface area contributed by atoms with Gasteiger partial charge in [0.05, 0.1) is 5.41 Å². The summed E-state index contributed by atoms with van der Waals surface area (Å²) in [6.45, 7) is 0. The molecule has 0 aliphatic heterocycles. The maximum absolute atomic E-state index is 10.7. The molecule has 2 aliphatic carbocycles. The lowest BCUT2D eigenvalue weighted by Gasteiger charge is -2.04. The van der Waals surface area contributed by atoms with Gasteiger partial charge in [-0.1, -0.05) is 6.08 Å². The summed E-state index contributed by atoms with van der Waals surface area (Å²) < 4.78 is 0. The van der Waals surface area contributed by atoms with Gasteiger partial charge in [-0.05, 0) is 18.8 Å². The summed E-state index contributed by atoms with van der Waals surface area (Å²) in [5.41, 5.74) is -0.484. The molecule has 1 saturated carbocycles.